The van der Waals surface area contributed by atoms with Crippen molar-refractivity contribution in [3.8, 4) is 0 Å². The molecular formula is C16H21N3. The molecule has 1 atom stereocenters. The summed E-state index contributed by atoms with van der Waals surface area (Å²) < 4.78 is 0. The van der Waals surface area contributed by atoms with E-state index in [1.54, 1.807) is 6.34 Å². The Kier molecular flexibility index (Phi) is 4.39. The van der Waals surface area contributed by atoms with Crippen LogP contribution in [0.25, 0.3) is 5.57 Å². The van der Waals surface area contributed by atoms with E-state index >= 15 is 0 Å². The summed E-state index contributed by atoms with van der Waals surface area (Å²) >= 11 is 0. The molecule has 1 aliphatic rings. The Morgan fingerprint density at radius 3 is 3.00 bits per heavy atom. The van der Waals surface area contributed by atoms with E-state index in [-0.39, 0.29) is 6.04 Å². The Hall–Kier alpha value is -2.03. The molecule has 0 fully saturated rings. The van der Waals surface area contributed by atoms with Gasteiger partial charge in [-0.15, -0.1) is 0 Å². The standard InChI is InChI=1S/C16H21N3/c1-4-12-6-7-16(17-3)15(8-12)13(5-2)9-14-10-18-11-19-14/h5-9,11,14,17H,2,4,10H2,1,3H3,(H,18,19)/b13-9+. The fourth-order valence-electron chi connectivity index (χ4n) is 2.22. The summed E-state index contributed by atoms with van der Waals surface area (Å²) in [5.41, 5.74) is 4.80. The lowest BCUT2D eigenvalue weighted by Crippen LogP contribution is -2.22. The van der Waals surface area contributed by atoms with E-state index in [2.05, 4.69) is 53.4 Å². The summed E-state index contributed by atoms with van der Waals surface area (Å²) in [7, 11) is 1.95. The van der Waals surface area contributed by atoms with Crippen molar-refractivity contribution in [1.29, 1.82) is 0 Å². The highest BCUT2D eigenvalue weighted by atomic mass is 15.0. The zero-order valence-electron chi connectivity index (χ0n) is 11.6. The molecule has 100 valence electrons. The second kappa shape index (κ2) is 6.23. The predicted molar refractivity (Wildman–Crippen MR) is 83.8 cm³/mol. The Labute approximate surface area is 115 Å². The maximum absolute atomic E-state index is 4.19. The summed E-state index contributed by atoms with van der Waals surface area (Å²) in [6.45, 7) is 6.91. The minimum absolute atomic E-state index is 0.267. The Balaban J connectivity index is 2.38. The first-order valence-electron chi connectivity index (χ1n) is 6.68. The molecule has 0 amide bonds. The molecule has 19 heavy (non-hydrogen) atoms. The van der Waals surface area contributed by atoms with Gasteiger partial charge in [0, 0.05) is 18.3 Å². The van der Waals surface area contributed by atoms with Crippen molar-refractivity contribution in [3.63, 3.8) is 0 Å². The lowest BCUT2D eigenvalue weighted by Gasteiger charge is -2.14. The van der Waals surface area contributed by atoms with Gasteiger partial charge in [-0.05, 0) is 29.7 Å². The van der Waals surface area contributed by atoms with Gasteiger partial charge < -0.3 is 10.6 Å². The van der Waals surface area contributed by atoms with Crippen molar-refractivity contribution < 1.29 is 0 Å². The van der Waals surface area contributed by atoms with Gasteiger partial charge in [-0.1, -0.05) is 31.7 Å². The third-order valence-corrected chi connectivity index (χ3v) is 3.36. The molecule has 3 heteroatoms. The molecule has 0 aliphatic carbocycles. The Bertz CT molecular complexity index is 507. The van der Waals surface area contributed by atoms with Crippen LogP contribution in [0.4, 0.5) is 5.69 Å². The van der Waals surface area contributed by atoms with Gasteiger partial charge in [0.15, 0.2) is 0 Å². The summed E-state index contributed by atoms with van der Waals surface area (Å²) in [4.78, 5) is 4.19. The molecule has 0 bridgehead atoms. The second-order valence-electron chi connectivity index (χ2n) is 4.58. The molecule has 0 spiro atoms. The predicted octanol–water partition coefficient (Wildman–Crippen LogP) is 2.86. The van der Waals surface area contributed by atoms with Crippen LogP contribution in [0.3, 0.4) is 0 Å². The number of aryl methyl sites for hydroxylation is 1. The number of nitrogens with zero attached hydrogens (tertiary/aromatic N) is 1. The van der Waals surface area contributed by atoms with Crippen molar-refractivity contribution in [2.45, 2.75) is 19.4 Å². The van der Waals surface area contributed by atoms with Gasteiger partial charge in [0.25, 0.3) is 0 Å². The molecule has 1 aromatic rings. The number of allylic oxidation sites excluding steroid dienone is 2. The van der Waals surface area contributed by atoms with Crippen LogP contribution in [0, 0.1) is 0 Å². The maximum Gasteiger partial charge on any atom is 0.0830 e. The number of anilines is 1. The number of benzene rings is 1. The number of hydrogen-bond donors (Lipinski definition) is 2. The van der Waals surface area contributed by atoms with Crippen molar-refractivity contribution in [3.05, 3.63) is 48.1 Å². The first-order valence-corrected chi connectivity index (χ1v) is 6.68. The average molecular weight is 255 g/mol. The van der Waals surface area contributed by atoms with Gasteiger partial charge in [0.1, 0.15) is 0 Å². The lowest BCUT2D eigenvalue weighted by atomic mass is 9.98. The largest absolute Gasteiger partial charge is 0.388 e. The zero-order valence-corrected chi connectivity index (χ0v) is 11.6. The van der Waals surface area contributed by atoms with E-state index in [0.29, 0.717) is 0 Å². The minimum Gasteiger partial charge on any atom is -0.388 e. The molecule has 0 saturated heterocycles. The van der Waals surface area contributed by atoms with Crippen LogP contribution in [-0.2, 0) is 6.42 Å². The molecule has 1 aliphatic heterocycles. The highest BCUT2D eigenvalue weighted by molar-refractivity contribution is 5.82. The van der Waals surface area contributed by atoms with Gasteiger partial charge in [0.2, 0.25) is 0 Å². The first kappa shape index (κ1) is 13.4. The van der Waals surface area contributed by atoms with Crippen molar-refractivity contribution in [2.24, 2.45) is 4.99 Å². The summed E-state index contributed by atoms with van der Waals surface area (Å²) in [6, 6.07) is 6.79. The number of aliphatic imine (C=N–C) groups is 1. The third kappa shape index (κ3) is 3.05. The number of hydrogen-bond acceptors (Lipinski definition) is 3. The first-order chi connectivity index (χ1) is 9.28. The van der Waals surface area contributed by atoms with E-state index in [0.717, 1.165) is 24.2 Å². The number of rotatable bonds is 5. The fourth-order valence-corrected chi connectivity index (χ4v) is 2.22. The highest BCUT2D eigenvalue weighted by Crippen LogP contribution is 2.26. The molecule has 1 heterocycles. The normalized spacial score (nSPS) is 18.2. The Morgan fingerprint density at radius 2 is 2.42 bits per heavy atom. The molecule has 1 unspecified atom stereocenters. The van der Waals surface area contributed by atoms with Crippen LogP contribution in [0.5, 0.6) is 0 Å². The maximum atomic E-state index is 4.19. The SMILES string of the molecule is C=C/C(=C\C1CN=CN1)c1cc(CC)ccc1NC. The van der Waals surface area contributed by atoms with Crippen molar-refractivity contribution in [2.75, 3.05) is 18.9 Å². The van der Waals surface area contributed by atoms with Gasteiger partial charge in [-0.25, -0.2) is 0 Å². The quantitative estimate of drug-likeness (QED) is 0.794. The topological polar surface area (TPSA) is 36.4 Å². The van der Waals surface area contributed by atoms with E-state index < -0.39 is 0 Å². The summed E-state index contributed by atoms with van der Waals surface area (Å²) in [5, 5.41) is 6.47. The second-order valence-corrected chi connectivity index (χ2v) is 4.58. The van der Waals surface area contributed by atoms with Gasteiger partial charge in [-0.2, -0.15) is 0 Å². The molecular weight excluding hydrogens is 234 g/mol. The van der Waals surface area contributed by atoms with E-state index in [1.807, 2.05) is 13.1 Å². The van der Waals surface area contributed by atoms with E-state index in [4.69, 9.17) is 0 Å². The van der Waals surface area contributed by atoms with E-state index in [1.165, 1.54) is 11.1 Å². The van der Waals surface area contributed by atoms with Crippen LogP contribution in [0.15, 0.2) is 41.9 Å². The highest BCUT2D eigenvalue weighted by Gasteiger charge is 2.11. The van der Waals surface area contributed by atoms with Gasteiger partial charge in [-0.3, -0.25) is 4.99 Å². The van der Waals surface area contributed by atoms with Crippen molar-refractivity contribution >= 4 is 17.6 Å². The Morgan fingerprint density at radius 1 is 1.58 bits per heavy atom. The minimum atomic E-state index is 0.267. The van der Waals surface area contributed by atoms with Crippen LogP contribution < -0.4 is 10.6 Å². The lowest BCUT2D eigenvalue weighted by molar-refractivity contribution is 0.803. The zero-order chi connectivity index (χ0) is 13.7. The van der Waals surface area contributed by atoms with E-state index in [9.17, 15) is 0 Å². The molecule has 0 aromatic heterocycles. The average Bonchev–Trinajstić information content (AvgIpc) is 2.97. The van der Waals surface area contributed by atoms with Crippen molar-refractivity contribution in [1.82, 2.24) is 5.32 Å². The van der Waals surface area contributed by atoms with Gasteiger partial charge >= 0.3 is 0 Å². The number of nitrogens with one attached hydrogen (secondary N) is 2. The molecule has 1 aromatic carbocycles. The summed E-state index contributed by atoms with van der Waals surface area (Å²) in [6.07, 6.45) is 6.90. The van der Waals surface area contributed by atoms with Crippen LogP contribution in [0.1, 0.15) is 18.1 Å². The molecule has 2 rings (SSSR count). The van der Waals surface area contributed by atoms with Crippen LogP contribution in [0.2, 0.25) is 0 Å². The van der Waals surface area contributed by atoms with Gasteiger partial charge in [0.05, 0.1) is 18.9 Å². The van der Waals surface area contributed by atoms with Crippen LogP contribution in [-0.4, -0.2) is 26.0 Å². The smallest absolute Gasteiger partial charge is 0.0830 e. The summed E-state index contributed by atoms with van der Waals surface area (Å²) in [5.74, 6) is 0. The van der Waals surface area contributed by atoms with Crippen LogP contribution >= 0.6 is 0 Å². The fraction of sp³-hybridized carbons (Fsp3) is 0.312. The molecule has 0 saturated carbocycles. The monoisotopic (exact) mass is 255 g/mol. The molecule has 3 nitrogen and oxygen atoms in total. The molecule has 0 radical (unpaired) electrons. The third-order valence-electron chi connectivity index (χ3n) is 3.36. The molecule has 2 N–H and O–H groups in total.